The predicted octanol–water partition coefficient (Wildman–Crippen LogP) is 4.80. The summed E-state index contributed by atoms with van der Waals surface area (Å²) in [6, 6.07) is 14.6. The van der Waals surface area contributed by atoms with Crippen LogP contribution in [0.3, 0.4) is 0 Å². The maximum absolute atomic E-state index is 11.6. The highest BCUT2D eigenvalue weighted by Gasteiger charge is 2.14. The largest absolute Gasteiger partial charge is 0.488 e. The molecule has 0 saturated carbocycles. The van der Waals surface area contributed by atoms with Gasteiger partial charge >= 0.3 is 5.97 Å². The molecular weight excluding hydrogens is 468 g/mol. The van der Waals surface area contributed by atoms with Gasteiger partial charge in [0.1, 0.15) is 23.1 Å². The minimum atomic E-state index is -1.06. The average molecular weight is 485 g/mol. The Morgan fingerprint density at radius 2 is 2.10 bits per heavy atom. The Bertz CT molecular complexity index is 1120. The summed E-state index contributed by atoms with van der Waals surface area (Å²) in [6.07, 6.45) is 2.25. The molecule has 0 aliphatic carbocycles. The minimum Gasteiger partial charge on any atom is -0.488 e. The third kappa shape index (κ3) is 5.72. The number of aliphatic carboxylic acids is 1. The van der Waals surface area contributed by atoms with Crippen molar-refractivity contribution in [1.82, 2.24) is 15.2 Å². The van der Waals surface area contributed by atoms with E-state index >= 15 is 0 Å². The lowest BCUT2D eigenvalue weighted by Gasteiger charge is -2.09. The highest BCUT2D eigenvalue weighted by molar-refractivity contribution is 9.10. The molecule has 30 heavy (non-hydrogen) atoms. The number of nitriles is 1. The zero-order valence-electron chi connectivity index (χ0n) is 15.9. The molecule has 0 spiro atoms. The number of aromatic nitrogens is 3. The van der Waals surface area contributed by atoms with Crippen molar-refractivity contribution in [3.05, 3.63) is 74.4 Å². The molecule has 0 amide bonds. The van der Waals surface area contributed by atoms with Gasteiger partial charge in [-0.2, -0.15) is 5.26 Å². The van der Waals surface area contributed by atoms with Gasteiger partial charge in [-0.1, -0.05) is 25.1 Å². The van der Waals surface area contributed by atoms with Gasteiger partial charge in [0.2, 0.25) is 5.16 Å². The van der Waals surface area contributed by atoms with Crippen LogP contribution in [0.5, 0.6) is 5.75 Å². The number of ether oxygens (including phenoxy) is 1. The summed E-state index contributed by atoms with van der Waals surface area (Å²) in [7, 11) is 0. The first-order valence-electron chi connectivity index (χ1n) is 8.94. The predicted molar refractivity (Wildman–Crippen MR) is 117 cm³/mol. The van der Waals surface area contributed by atoms with Crippen LogP contribution in [-0.2, 0) is 17.8 Å². The normalized spacial score (nSPS) is 11.2. The molecule has 0 aliphatic rings. The molecule has 2 N–H and O–H groups in total. The molecule has 0 fully saturated rings. The molecule has 0 bridgehead atoms. The third-order valence-corrected chi connectivity index (χ3v) is 5.49. The molecule has 0 radical (unpaired) electrons. The van der Waals surface area contributed by atoms with E-state index in [9.17, 15) is 9.90 Å². The van der Waals surface area contributed by atoms with E-state index in [2.05, 4.69) is 37.2 Å². The Kier molecular flexibility index (Phi) is 7.27. The van der Waals surface area contributed by atoms with E-state index in [0.29, 0.717) is 45.4 Å². The zero-order valence-corrected chi connectivity index (χ0v) is 18.3. The van der Waals surface area contributed by atoms with Crippen LogP contribution >= 0.6 is 27.7 Å². The van der Waals surface area contributed by atoms with Crippen LogP contribution in [0.15, 0.2) is 57.0 Å². The molecule has 152 valence electrons. The average Bonchev–Trinajstić information content (AvgIpc) is 3.20. The number of carbonyl (C=O) groups is 1. The summed E-state index contributed by atoms with van der Waals surface area (Å²) in [5.74, 6) is 0.274. The third-order valence-electron chi connectivity index (χ3n) is 3.99. The summed E-state index contributed by atoms with van der Waals surface area (Å²) >= 11 is 4.46. The van der Waals surface area contributed by atoms with E-state index < -0.39 is 5.97 Å². The Morgan fingerprint density at radius 1 is 1.33 bits per heavy atom. The van der Waals surface area contributed by atoms with Gasteiger partial charge in [0.15, 0.2) is 0 Å². The number of carboxylic acid groups (broad SMARTS) is 1. The van der Waals surface area contributed by atoms with Gasteiger partial charge in [-0.15, -0.1) is 5.10 Å². The van der Waals surface area contributed by atoms with Crippen molar-refractivity contribution in [2.24, 2.45) is 0 Å². The number of nitrogens with one attached hydrogen (secondary N) is 1. The van der Waals surface area contributed by atoms with Crippen LogP contribution < -0.4 is 4.74 Å². The van der Waals surface area contributed by atoms with Crippen LogP contribution in [0, 0.1) is 11.3 Å². The van der Waals surface area contributed by atoms with Gasteiger partial charge in [0.05, 0.1) is 16.1 Å². The van der Waals surface area contributed by atoms with Crippen LogP contribution in [0.2, 0.25) is 0 Å². The molecule has 2 aromatic carbocycles. The summed E-state index contributed by atoms with van der Waals surface area (Å²) in [4.78, 5) is 16.0. The second-order valence-electron chi connectivity index (χ2n) is 6.12. The van der Waals surface area contributed by atoms with E-state index in [0.717, 1.165) is 17.3 Å². The SMILES string of the molecule is CCc1nc(S/C(=C\c2ccc(OCc3ccc(C#N)cc3)c(Br)c2)C(=O)O)n[nH]1. The van der Waals surface area contributed by atoms with Crippen molar-refractivity contribution < 1.29 is 14.6 Å². The number of aromatic amines is 1. The Balaban J connectivity index is 1.71. The summed E-state index contributed by atoms with van der Waals surface area (Å²) in [5, 5.41) is 25.5. The molecule has 7 nitrogen and oxygen atoms in total. The quantitative estimate of drug-likeness (QED) is 0.348. The fourth-order valence-corrected chi connectivity index (χ4v) is 3.66. The number of nitrogens with zero attached hydrogens (tertiary/aromatic N) is 3. The highest BCUT2D eigenvalue weighted by Crippen LogP contribution is 2.30. The van der Waals surface area contributed by atoms with E-state index in [1.54, 1.807) is 36.4 Å². The molecule has 3 rings (SSSR count). The first kappa shape index (κ1) is 21.6. The van der Waals surface area contributed by atoms with Gasteiger partial charge in [0.25, 0.3) is 0 Å². The highest BCUT2D eigenvalue weighted by atomic mass is 79.9. The molecular formula is C21H17BrN4O3S. The molecule has 9 heteroatoms. The van der Waals surface area contributed by atoms with E-state index in [-0.39, 0.29) is 4.91 Å². The molecule has 3 aromatic rings. The Hall–Kier alpha value is -3.09. The molecule has 0 aliphatic heterocycles. The standard InChI is InChI=1S/C21H17BrN4O3S/c1-2-19-24-21(26-25-19)30-18(20(27)28)10-15-7-8-17(16(22)9-15)29-12-14-5-3-13(11-23)4-6-14/h3-10H,2,12H2,1H3,(H,27,28)(H,24,25,26)/b18-10-. The first-order chi connectivity index (χ1) is 14.5. The van der Waals surface area contributed by atoms with Crippen molar-refractivity contribution in [2.45, 2.75) is 25.1 Å². The second-order valence-corrected chi connectivity index (χ2v) is 7.98. The number of thioether (sulfide) groups is 1. The number of hydrogen-bond acceptors (Lipinski definition) is 6. The Morgan fingerprint density at radius 3 is 2.70 bits per heavy atom. The van der Waals surface area contributed by atoms with Gasteiger partial charge in [-0.05, 0) is 69.2 Å². The number of carboxylic acids is 1. The van der Waals surface area contributed by atoms with Gasteiger partial charge < -0.3 is 9.84 Å². The Labute approximate surface area is 185 Å². The fraction of sp³-hybridized carbons (Fsp3) is 0.143. The lowest BCUT2D eigenvalue weighted by molar-refractivity contribution is -0.131. The summed E-state index contributed by atoms with van der Waals surface area (Å²) in [5.41, 5.74) is 2.23. The first-order valence-corrected chi connectivity index (χ1v) is 10.5. The number of aryl methyl sites for hydroxylation is 1. The van der Waals surface area contributed by atoms with Crippen molar-refractivity contribution >= 4 is 39.7 Å². The molecule has 0 atom stereocenters. The summed E-state index contributed by atoms with van der Waals surface area (Å²) in [6.45, 7) is 2.28. The number of halogens is 1. The monoisotopic (exact) mass is 484 g/mol. The van der Waals surface area contributed by atoms with Crippen LogP contribution in [0.1, 0.15) is 29.4 Å². The maximum atomic E-state index is 11.6. The van der Waals surface area contributed by atoms with Gasteiger partial charge in [-0.25, -0.2) is 9.78 Å². The van der Waals surface area contributed by atoms with Crippen LogP contribution in [0.25, 0.3) is 6.08 Å². The maximum Gasteiger partial charge on any atom is 0.342 e. The van der Waals surface area contributed by atoms with Crippen molar-refractivity contribution in [2.75, 3.05) is 0 Å². The summed E-state index contributed by atoms with van der Waals surface area (Å²) < 4.78 is 6.52. The van der Waals surface area contributed by atoms with Crippen molar-refractivity contribution in [3.63, 3.8) is 0 Å². The number of H-pyrrole nitrogens is 1. The van der Waals surface area contributed by atoms with Gasteiger partial charge in [-0.3, -0.25) is 5.10 Å². The van der Waals surface area contributed by atoms with Crippen LogP contribution in [-0.4, -0.2) is 26.3 Å². The molecule has 0 unspecified atom stereocenters. The topological polar surface area (TPSA) is 112 Å². The van der Waals surface area contributed by atoms with Gasteiger partial charge in [0, 0.05) is 6.42 Å². The lowest BCUT2D eigenvalue weighted by Crippen LogP contribution is -1.98. The minimum absolute atomic E-state index is 0.106. The molecule has 1 aromatic heterocycles. The molecule has 1 heterocycles. The van der Waals surface area contributed by atoms with Crippen LogP contribution in [0.4, 0.5) is 0 Å². The van der Waals surface area contributed by atoms with Crippen molar-refractivity contribution in [3.8, 4) is 11.8 Å². The zero-order chi connectivity index (χ0) is 21.5. The second kappa shape index (κ2) is 10.1. The molecule has 0 saturated heterocycles. The van der Waals surface area contributed by atoms with E-state index in [1.807, 2.05) is 19.1 Å². The van der Waals surface area contributed by atoms with Crippen molar-refractivity contribution in [1.29, 1.82) is 5.26 Å². The van der Waals surface area contributed by atoms with E-state index in [4.69, 9.17) is 10.00 Å². The van der Waals surface area contributed by atoms with E-state index in [1.165, 1.54) is 0 Å². The number of hydrogen-bond donors (Lipinski definition) is 2. The number of benzene rings is 2. The fourth-order valence-electron chi connectivity index (χ4n) is 2.43. The smallest absolute Gasteiger partial charge is 0.342 e. The number of rotatable bonds is 8. The lowest BCUT2D eigenvalue weighted by atomic mass is 10.1.